The van der Waals surface area contributed by atoms with Crippen molar-refractivity contribution in [3.05, 3.63) is 58.1 Å². The van der Waals surface area contributed by atoms with Crippen molar-refractivity contribution in [2.45, 2.75) is 4.90 Å². The minimum absolute atomic E-state index is 0.0314. The van der Waals surface area contributed by atoms with Crippen LogP contribution in [0.3, 0.4) is 0 Å². The number of hydrogen-bond acceptors (Lipinski definition) is 5. The van der Waals surface area contributed by atoms with Crippen LogP contribution in [0.5, 0.6) is 0 Å². The normalized spacial score (nSPS) is 11.0. The van der Waals surface area contributed by atoms with Gasteiger partial charge in [0.1, 0.15) is 0 Å². The van der Waals surface area contributed by atoms with Crippen LogP contribution in [0.2, 0.25) is 10.0 Å². The summed E-state index contributed by atoms with van der Waals surface area (Å²) in [6.07, 6.45) is 0. The number of carbonyl (C=O) groups excluding carboxylic acids is 2. The first-order valence-electron chi connectivity index (χ1n) is 6.72. The number of hydrogen-bond donors (Lipinski definition) is 2. The second-order valence-corrected chi connectivity index (χ2v) is 7.17. The molecule has 2 aromatic carbocycles. The fraction of sp³-hybridized carbons (Fsp3) is 0.0667. The molecule has 0 heterocycles. The number of nitrogens with one attached hydrogen (secondary N) is 1. The van der Waals surface area contributed by atoms with Crippen molar-refractivity contribution >= 4 is 50.8 Å². The van der Waals surface area contributed by atoms with Gasteiger partial charge in [-0.15, -0.1) is 0 Å². The van der Waals surface area contributed by atoms with Crippen molar-refractivity contribution in [3.8, 4) is 0 Å². The highest BCUT2D eigenvalue weighted by Crippen LogP contribution is 2.24. The number of carbonyl (C=O) groups is 2. The summed E-state index contributed by atoms with van der Waals surface area (Å²) >= 11 is 11.8. The molecule has 2 rings (SSSR count). The van der Waals surface area contributed by atoms with E-state index in [1.807, 2.05) is 0 Å². The van der Waals surface area contributed by atoms with Gasteiger partial charge in [0.05, 0.1) is 20.5 Å². The largest absolute Gasteiger partial charge is 0.452 e. The molecule has 0 bridgehead atoms. The number of esters is 1. The van der Waals surface area contributed by atoms with Crippen LogP contribution in [0.4, 0.5) is 5.69 Å². The van der Waals surface area contributed by atoms with E-state index >= 15 is 0 Å². The smallest absolute Gasteiger partial charge is 0.341 e. The standard InChI is InChI=1S/C15H12Cl2N2O5S/c16-11-2-1-3-12(17)14(11)15(21)24-8-13(20)19-9-4-6-10(7-5-9)25(18,22)23/h1-7H,8H2,(H,19,20)(H2,18,22,23). The van der Waals surface area contributed by atoms with E-state index in [1.54, 1.807) is 6.07 Å². The molecule has 0 atom stereocenters. The highest BCUT2D eigenvalue weighted by Gasteiger charge is 2.17. The summed E-state index contributed by atoms with van der Waals surface area (Å²) in [5, 5.41) is 7.63. The van der Waals surface area contributed by atoms with Crippen molar-refractivity contribution in [2.24, 2.45) is 5.14 Å². The van der Waals surface area contributed by atoms with Gasteiger partial charge in [0, 0.05) is 5.69 Å². The van der Waals surface area contributed by atoms with Crippen LogP contribution in [0, 0.1) is 0 Å². The van der Waals surface area contributed by atoms with Crippen molar-refractivity contribution in [1.29, 1.82) is 0 Å². The Morgan fingerprint density at radius 1 is 1.04 bits per heavy atom. The van der Waals surface area contributed by atoms with Crippen LogP contribution in [-0.2, 0) is 19.6 Å². The maximum atomic E-state index is 11.9. The zero-order chi connectivity index (χ0) is 18.6. The summed E-state index contributed by atoms with van der Waals surface area (Å²) in [6, 6.07) is 9.68. The van der Waals surface area contributed by atoms with Gasteiger partial charge in [-0.2, -0.15) is 0 Å². The Labute approximate surface area is 153 Å². The third kappa shape index (κ3) is 5.17. The molecule has 0 radical (unpaired) electrons. The van der Waals surface area contributed by atoms with Crippen LogP contribution in [0.1, 0.15) is 10.4 Å². The highest BCUT2D eigenvalue weighted by molar-refractivity contribution is 7.89. The van der Waals surface area contributed by atoms with Crippen LogP contribution >= 0.6 is 23.2 Å². The average Bonchev–Trinajstić information content (AvgIpc) is 2.52. The van der Waals surface area contributed by atoms with E-state index in [9.17, 15) is 18.0 Å². The summed E-state index contributed by atoms with van der Waals surface area (Å²) < 4.78 is 27.2. The molecule has 3 N–H and O–H groups in total. The maximum Gasteiger partial charge on any atom is 0.341 e. The Bertz CT molecular complexity index is 894. The monoisotopic (exact) mass is 402 g/mol. The molecule has 0 saturated heterocycles. The van der Waals surface area contributed by atoms with Crippen molar-refractivity contribution < 1.29 is 22.7 Å². The van der Waals surface area contributed by atoms with Crippen LogP contribution in [0.15, 0.2) is 47.4 Å². The fourth-order valence-corrected chi connectivity index (χ4v) is 2.89. The van der Waals surface area contributed by atoms with Gasteiger partial charge in [-0.1, -0.05) is 29.3 Å². The summed E-state index contributed by atoms with van der Waals surface area (Å²) in [5.74, 6) is -1.46. The topological polar surface area (TPSA) is 116 Å². The zero-order valence-corrected chi connectivity index (χ0v) is 14.9. The lowest BCUT2D eigenvalue weighted by atomic mass is 10.2. The van der Waals surface area contributed by atoms with E-state index in [1.165, 1.54) is 36.4 Å². The van der Waals surface area contributed by atoms with E-state index in [4.69, 9.17) is 33.1 Å². The summed E-state index contributed by atoms with van der Waals surface area (Å²) in [6.45, 7) is -0.572. The van der Waals surface area contributed by atoms with Gasteiger partial charge in [0.25, 0.3) is 5.91 Å². The van der Waals surface area contributed by atoms with E-state index in [2.05, 4.69) is 5.32 Å². The molecular formula is C15H12Cl2N2O5S. The molecule has 0 aliphatic rings. The van der Waals surface area contributed by atoms with Crippen molar-refractivity contribution in [1.82, 2.24) is 0 Å². The Kier molecular flexibility index (Phi) is 6.02. The minimum Gasteiger partial charge on any atom is -0.452 e. The number of primary sulfonamides is 1. The Balaban J connectivity index is 1.96. The molecule has 0 aromatic heterocycles. The third-order valence-electron chi connectivity index (χ3n) is 2.97. The van der Waals surface area contributed by atoms with Gasteiger partial charge < -0.3 is 10.1 Å². The number of ether oxygens (including phenoxy) is 1. The van der Waals surface area contributed by atoms with Crippen LogP contribution < -0.4 is 10.5 Å². The quantitative estimate of drug-likeness (QED) is 0.744. The van der Waals surface area contributed by atoms with Crippen LogP contribution in [0.25, 0.3) is 0 Å². The molecule has 0 unspecified atom stereocenters. The molecule has 132 valence electrons. The molecule has 7 nitrogen and oxygen atoms in total. The predicted molar refractivity (Wildman–Crippen MR) is 93.2 cm³/mol. The van der Waals surface area contributed by atoms with Gasteiger partial charge >= 0.3 is 5.97 Å². The number of benzene rings is 2. The molecule has 0 aliphatic heterocycles. The fourth-order valence-electron chi connectivity index (χ4n) is 1.82. The summed E-state index contributed by atoms with van der Waals surface area (Å²) in [4.78, 5) is 23.7. The second-order valence-electron chi connectivity index (χ2n) is 4.79. The predicted octanol–water partition coefficient (Wildman–Crippen LogP) is 2.44. The van der Waals surface area contributed by atoms with Crippen molar-refractivity contribution in [2.75, 3.05) is 11.9 Å². The Morgan fingerprint density at radius 3 is 2.12 bits per heavy atom. The lowest BCUT2D eigenvalue weighted by Crippen LogP contribution is -2.21. The number of amides is 1. The zero-order valence-electron chi connectivity index (χ0n) is 12.5. The minimum atomic E-state index is -3.82. The molecule has 0 spiro atoms. The van der Waals surface area contributed by atoms with E-state index in [-0.39, 0.29) is 20.5 Å². The average molecular weight is 403 g/mol. The van der Waals surface area contributed by atoms with E-state index < -0.39 is 28.5 Å². The van der Waals surface area contributed by atoms with Gasteiger partial charge in [-0.25, -0.2) is 18.4 Å². The van der Waals surface area contributed by atoms with Gasteiger partial charge in [0.15, 0.2) is 6.61 Å². The number of sulfonamides is 1. The molecular weight excluding hydrogens is 391 g/mol. The first-order chi connectivity index (χ1) is 11.7. The maximum absolute atomic E-state index is 11.9. The third-order valence-corrected chi connectivity index (χ3v) is 4.53. The molecule has 0 aliphatic carbocycles. The summed E-state index contributed by atoms with van der Waals surface area (Å²) in [7, 11) is -3.82. The Morgan fingerprint density at radius 2 is 1.60 bits per heavy atom. The Hall–Kier alpha value is -2.13. The number of nitrogens with two attached hydrogens (primary N) is 1. The molecule has 2 aromatic rings. The lowest BCUT2D eigenvalue weighted by Gasteiger charge is -2.09. The molecule has 25 heavy (non-hydrogen) atoms. The first-order valence-corrected chi connectivity index (χ1v) is 9.02. The number of anilines is 1. The lowest BCUT2D eigenvalue weighted by molar-refractivity contribution is -0.119. The van der Waals surface area contributed by atoms with Crippen LogP contribution in [-0.4, -0.2) is 26.9 Å². The molecule has 1 amide bonds. The second kappa shape index (κ2) is 7.83. The first kappa shape index (κ1) is 19.2. The van der Waals surface area contributed by atoms with Crippen molar-refractivity contribution in [3.63, 3.8) is 0 Å². The highest BCUT2D eigenvalue weighted by atomic mass is 35.5. The van der Waals surface area contributed by atoms with Gasteiger partial charge in [-0.05, 0) is 36.4 Å². The van der Waals surface area contributed by atoms with Gasteiger partial charge in [-0.3, -0.25) is 4.79 Å². The SMILES string of the molecule is NS(=O)(=O)c1ccc(NC(=O)COC(=O)c2c(Cl)cccc2Cl)cc1. The molecule has 0 fully saturated rings. The number of halogens is 2. The van der Waals surface area contributed by atoms with E-state index in [0.717, 1.165) is 0 Å². The number of rotatable bonds is 5. The van der Waals surface area contributed by atoms with E-state index in [0.29, 0.717) is 5.69 Å². The summed E-state index contributed by atoms with van der Waals surface area (Å²) in [5.41, 5.74) is 0.278. The molecule has 0 saturated carbocycles. The van der Waals surface area contributed by atoms with Gasteiger partial charge in [0.2, 0.25) is 10.0 Å². The molecule has 10 heteroatoms.